The van der Waals surface area contributed by atoms with Crippen LogP contribution in [0.4, 0.5) is 0 Å². The number of hydrogen-bond donors (Lipinski definition) is 1. The topological polar surface area (TPSA) is 56.2 Å². The average Bonchev–Trinajstić information content (AvgIpc) is 2.59. The molecule has 0 fully saturated rings. The van der Waals surface area contributed by atoms with Crippen molar-refractivity contribution in [1.82, 2.24) is 14.4 Å². The SMILES string of the molecule is CC(C)c1cc2nc(CCN)cn2cn1. The van der Waals surface area contributed by atoms with Gasteiger partial charge in [-0.05, 0) is 12.5 Å². The van der Waals surface area contributed by atoms with Gasteiger partial charge in [0.25, 0.3) is 0 Å². The minimum atomic E-state index is 0.435. The van der Waals surface area contributed by atoms with Crippen LogP contribution in [0.25, 0.3) is 5.65 Å². The summed E-state index contributed by atoms with van der Waals surface area (Å²) in [4.78, 5) is 8.86. The van der Waals surface area contributed by atoms with Crippen LogP contribution < -0.4 is 5.73 Å². The number of imidazole rings is 1. The van der Waals surface area contributed by atoms with E-state index >= 15 is 0 Å². The number of rotatable bonds is 3. The molecule has 0 radical (unpaired) electrons. The van der Waals surface area contributed by atoms with Crippen molar-refractivity contribution >= 4 is 5.65 Å². The number of fused-ring (bicyclic) bond motifs is 1. The van der Waals surface area contributed by atoms with Crippen LogP contribution >= 0.6 is 0 Å². The third-order valence-electron chi connectivity index (χ3n) is 2.41. The molecule has 0 aliphatic heterocycles. The van der Waals surface area contributed by atoms with Gasteiger partial charge in [-0.3, -0.25) is 4.40 Å². The molecule has 0 aromatic carbocycles. The van der Waals surface area contributed by atoms with Gasteiger partial charge >= 0.3 is 0 Å². The van der Waals surface area contributed by atoms with Crippen molar-refractivity contribution in [2.45, 2.75) is 26.2 Å². The summed E-state index contributed by atoms with van der Waals surface area (Å²) in [5, 5.41) is 0. The molecule has 15 heavy (non-hydrogen) atoms. The largest absolute Gasteiger partial charge is 0.330 e. The van der Waals surface area contributed by atoms with Crippen LogP contribution in [-0.4, -0.2) is 20.9 Å². The third kappa shape index (κ3) is 1.99. The van der Waals surface area contributed by atoms with E-state index in [0.29, 0.717) is 12.5 Å². The fraction of sp³-hybridized carbons (Fsp3) is 0.455. The molecule has 2 aromatic rings. The molecule has 0 spiro atoms. The Kier molecular flexibility index (Phi) is 2.68. The van der Waals surface area contributed by atoms with Crippen LogP contribution in [0.1, 0.15) is 31.2 Å². The van der Waals surface area contributed by atoms with Gasteiger partial charge in [0.1, 0.15) is 12.0 Å². The zero-order valence-corrected chi connectivity index (χ0v) is 9.14. The van der Waals surface area contributed by atoms with E-state index in [1.807, 2.05) is 23.0 Å². The summed E-state index contributed by atoms with van der Waals surface area (Å²) in [5.41, 5.74) is 8.56. The van der Waals surface area contributed by atoms with Crippen LogP contribution in [0.3, 0.4) is 0 Å². The second kappa shape index (κ2) is 3.98. The quantitative estimate of drug-likeness (QED) is 0.821. The van der Waals surface area contributed by atoms with E-state index in [-0.39, 0.29) is 0 Å². The van der Waals surface area contributed by atoms with Crippen molar-refractivity contribution in [2.75, 3.05) is 6.54 Å². The van der Waals surface area contributed by atoms with Gasteiger partial charge in [0, 0.05) is 24.4 Å². The minimum absolute atomic E-state index is 0.435. The Labute approximate surface area is 89.2 Å². The van der Waals surface area contributed by atoms with Crippen LogP contribution in [0, 0.1) is 0 Å². The molecule has 80 valence electrons. The van der Waals surface area contributed by atoms with Gasteiger partial charge in [0.15, 0.2) is 0 Å². The Balaban J connectivity index is 2.43. The number of nitrogens with zero attached hydrogens (tertiary/aromatic N) is 3. The molecule has 0 saturated heterocycles. The summed E-state index contributed by atoms with van der Waals surface area (Å²) in [5.74, 6) is 0.435. The van der Waals surface area contributed by atoms with Crippen molar-refractivity contribution in [2.24, 2.45) is 5.73 Å². The lowest BCUT2D eigenvalue weighted by molar-refractivity contribution is 0.811. The number of aromatic nitrogens is 3. The Hall–Kier alpha value is -1.42. The molecule has 4 heteroatoms. The van der Waals surface area contributed by atoms with Gasteiger partial charge in [0.05, 0.1) is 5.69 Å². The standard InChI is InChI=1S/C11H16N4/c1-8(2)10-5-11-14-9(3-4-12)6-15(11)7-13-10/h5-8H,3-4,12H2,1-2H3. The minimum Gasteiger partial charge on any atom is -0.330 e. The highest BCUT2D eigenvalue weighted by molar-refractivity contribution is 5.41. The van der Waals surface area contributed by atoms with E-state index < -0.39 is 0 Å². The summed E-state index contributed by atoms with van der Waals surface area (Å²) in [6.45, 7) is 4.89. The van der Waals surface area contributed by atoms with Crippen molar-refractivity contribution in [3.63, 3.8) is 0 Å². The van der Waals surface area contributed by atoms with Crippen LogP contribution in [0.5, 0.6) is 0 Å². The van der Waals surface area contributed by atoms with E-state index in [2.05, 4.69) is 23.8 Å². The maximum absolute atomic E-state index is 5.50. The Bertz CT molecular complexity index is 459. The average molecular weight is 204 g/mol. The molecular formula is C11H16N4. The molecule has 0 amide bonds. The van der Waals surface area contributed by atoms with Crippen LogP contribution in [-0.2, 0) is 6.42 Å². The fourth-order valence-electron chi connectivity index (χ4n) is 1.54. The van der Waals surface area contributed by atoms with Crippen molar-refractivity contribution in [3.05, 3.63) is 30.0 Å². The Morgan fingerprint density at radius 3 is 2.93 bits per heavy atom. The molecule has 2 N–H and O–H groups in total. The third-order valence-corrected chi connectivity index (χ3v) is 2.41. The summed E-state index contributed by atoms with van der Waals surface area (Å²) in [7, 11) is 0. The predicted octanol–water partition coefficient (Wildman–Crippen LogP) is 1.35. The van der Waals surface area contributed by atoms with Crippen LogP contribution in [0.2, 0.25) is 0 Å². The molecule has 0 atom stereocenters. The molecule has 0 saturated carbocycles. The first-order valence-corrected chi connectivity index (χ1v) is 5.24. The van der Waals surface area contributed by atoms with E-state index in [4.69, 9.17) is 5.73 Å². The molecule has 0 unspecified atom stereocenters. The van der Waals surface area contributed by atoms with Gasteiger partial charge in [-0.15, -0.1) is 0 Å². The van der Waals surface area contributed by atoms with E-state index in [0.717, 1.165) is 23.5 Å². The predicted molar refractivity (Wildman–Crippen MR) is 59.8 cm³/mol. The first-order chi connectivity index (χ1) is 7.20. The first kappa shape index (κ1) is 10.1. The molecule has 0 aliphatic rings. The lowest BCUT2D eigenvalue weighted by Crippen LogP contribution is -2.02. The zero-order chi connectivity index (χ0) is 10.8. The summed E-state index contributed by atoms with van der Waals surface area (Å²) < 4.78 is 1.94. The maximum Gasteiger partial charge on any atom is 0.140 e. The Morgan fingerprint density at radius 1 is 1.47 bits per heavy atom. The van der Waals surface area contributed by atoms with E-state index in [9.17, 15) is 0 Å². The normalized spacial score (nSPS) is 11.5. The zero-order valence-electron chi connectivity index (χ0n) is 9.14. The van der Waals surface area contributed by atoms with Crippen molar-refractivity contribution < 1.29 is 0 Å². The van der Waals surface area contributed by atoms with Gasteiger partial charge < -0.3 is 5.73 Å². The summed E-state index contributed by atoms with van der Waals surface area (Å²) in [6, 6.07) is 2.03. The van der Waals surface area contributed by atoms with Gasteiger partial charge in [0.2, 0.25) is 0 Å². The highest BCUT2D eigenvalue weighted by Gasteiger charge is 2.05. The lowest BCUT2D eigenvalue weighted by Gasteiger charge is -2.02. The van der Waals surface area contributed by atoms with Crippen molar-refractivity contribution in [1.29, 1.82) is 0 Å². The molecule has 0 bridgehead atoms. The smallest absolute Gasteiger partial charge is 0.140 e. The molecule has 4 nitrogen and oxygen atoms in total. The summed E-state index contributed by atoms with van der Waals surface area (Å²) >= 11 is 0. The number of hydrogen-bond acceptors (Lipinski definition) is 3. The molecule has 2 heterocycles. The van der Waals surface area contributed by atoms with Gasteiger partial charge in [-0.1, -0.05) is 13.8 Å². The number of nitrogens with two attached hydrogens (primary N) is 1. The molecule has 0 aliphatic carbocycles. The first-order valence-electron chi connectivity index (χ1n) is 5.24. The Morgan fingerprint density at radius 2 is 2.27 bits per heavy atom. The van der Waals surface area contributed by atoms with Gasteiger partial charge in [-0.25, -0.2) is 9.97 Å². The molecular weight excluding hydrogens is 188 g/mol. The van der Waals surface area contributed by atoms with Crippen LogP contribution in [0.15, 0.2) is 18.6 Å². The van der Waals surface area contributed by atoms with Crippen molar-refractivity contribution in [3.8, 4) is 0 Å². The maximum atomic E-state index is 5.50. The molecule has 2 aromatic heterocycles. The van der Waals surface area contributed by atoms with Gasteiger partial charge in [-0.2, -0.15) is 0 Å². The summed E-state index contributed by atoms with van der Waals surface area (Å²) in [6.07, 6.45) is 4.62. The fourth-order valence-corrected chi connectivity index (χ4v) is 1.54. The highest BCUT2D eigenvalue weighted by Crippen LogP contribution is 2.13. The second-order valence-corrected chi connectivity index (χ2v) is 4.00. The van der Waals surface area contributed by atoms with E-state index in [1.54, 1.807) is 0 Å². The van der Waals surface area contributed by atoms with E-state index in [1.165, 1.54) is 0 Å². The molecule has 2 rings (SSSR count). The second-order valence-electron chi connectivity index (χ2n) is 4.00. The lowest BCUT2D eigenvalue weighted by atomic mass is 10.1. The monoisotopic (exact) mass is 204 g/mol. The highest BCUT2D eigenvalue weighted by atomic mass is 15.0.